The van der Waals surface area contributed by atoms with Crippen molar-refractivity contribution in [3.05, 3.63) is 101 Å². The number of sulfone groups is 1. The zero-order valence-corrected chi connectivity index (χ0v) is 18.0. The van der Waals surface area contributed by atoms with E-state index in [1.54, 1.807) is 30.3 Å². The predicted octanol–water partition coefficient (Wildman–Crippen LogP) is 4.88. The number of hydrogen-bond donors (Lipinski definition) is 1. The second-order valence-corrected chi connectivity index (χ2v) is 9.65. The smallest absolute Gasteiger partial charge is 0.295 e. The number of thioether (sulfide) groups is 1. The lowest BCUT2D eigenvalue weighted by molar-refractivity contribution is -0.117. The summed E-state index contributed by atoms with van der Waals surface area (Å²) >= 11 is 1.52. The van der Waals surface area contributed by atoms with Gasteiger partial charge in [0.15, 0.2) is 5.76 Å². The summed E-state index contributed by atoms with van der Waals surface area (Å²) in [5.74, 6) is -2.20. The summed E-state index contributed by atoms with van der Waals surface area (Å²) in [7, 11) is -4.20. The van der Waals surface area contributed by atoms with Crippen LogP contribution in [0.3, 0.4) is 0 Å². The van der Waals surface area contributed by atoms with Gasteiger partial charge in [0.25, 0.3) is 5.91 Å². The van der Waals surface area contributed by atoms with Crippen LogP contribution in [-0.4, -0.2) is 25.7 Å². The molecule has 0 saturated carbocycles. The van der Waals surface area contributed by atoms with Gasteiger partial charge in [-0.3, -0.25) is 9.69 Å². The Morgan fingerprint density at radius 1 is 0.935 bits per heavy atom. The van der Waals surface area contributed by atoms with Crippen LogP contribution in [0, 0.1) is 5.82 Å². The molecule has 1 aliphatic heterocycles. The fraction of sp³-hybridized carbons (Fsp3) is 0.0870. The lowest BCUT2D eigenvalue weighted by atomic mass is 10.1. The highest BCUT2D eigenvalue weighted by molar-refractivity contribution is 7.98. The third kappa shape index (κ3) is 3.73. The Hall–Kier alpha value is -3.10. The molecule has 0 aliphatic carbocycles. The number of carbonyl (C=O) groups excluding carboxylic acids is 1. The SMILES string of the molecule is CSc1ccc(C2C(S(=O)(=O)c3ccccc3)=C(O)C(=O)N2c2ccc(F)cc2)cc1. The summed E-state index contributed by atoms with van der Waals surface area (Å²) in [5.41, 5.74) is 0.782. The zero-order chi connectivity index (χ0) is 22.2. The predicted molar refractivity (Wildman–Crippen MR) is 118 cm³/mol. The molecule has 1 aliphatic rings. The largest absolute Gasteiger partial charge is 0.502 e. The second kappa shape index (κ2) is 8.20. The lowest BCUT2D eigenvalue weighted by Crippen LogP contribution is -2.31. The Kier molecular flexibility index (Phi) is 5.60. The second-order valence-electron chi connectivity index (χ2n) is 6.86. The van der Waals surface area contributed by atoms with Crippen LogP contribution in [-0.2, 0) is 14.6 Å². The molecule has 1 heterocycles. The monoisotopic (exact) mass is 455 g/mol. The van der Waals surface area contributed by atoms with Crippen LogP contribution in [0.25, 0.3) is 0 Å². The van der Waals surface area contributed by atoms with E-state index in [9.17, 15) is 22.7 Å². The maximum absolute atomic E-state index is 13.5. The molecule has 1 atom stereocenters. The highest BCUT2D eigenvalue weighted by Crippen LogP contribution is 2.44. The van der Waals surface area contributed by atoms with Crippen molar-refractivity contribution in [3.8, 4) is 0 Å². The fourth-order valence-corrected chi connectivity index (χ4v) is 5.59. The number of carbonyl (C=O) groups is 1. The summed E-state index contributed by atoms with van der Waals surface area (Å²) in [5, 5.41) is 10.7. The maximum Gasteiger partial charge on any atom is 0.295 e. The number of benzene rings is 3. The van der Waals surface area contributed by atoms with Crippen LogP contribution >= 0.6 is 11.8 Å². The lowest BCUT2D eigenvalue weighted by Gasteiger charge is -2.27. The molecule has 1 N–H and O–H groups in total. The highest BCUT2D eigenvalue weighted by atomic mass is 32.2. The molecule has 0 saturated heterocycles. The molecule has 0 aromatic heterocycles. The van der Waals surface area contributed by atoms with E-state index in [-0.39, 0.29) is 10.6 Å². The summed E-state index contributed by atoms with van der Waals surface area (Å²) in [6, 6.07) is 18.7. The number of aliphatic hydroxyl groups excluding tert-OH is 1. The summed E-state index contributed by atoms with van der Waals surface area (Å²) in [6.07, 6.45) is 1.91. The number of anilines is 1. The molecule has 3 aromatic carbocycles. The van der Waals surface area contributed by atoms with E-state index in [0.717, 1.165) is 4.90 Å². The Balaban J connectivity index is 1.93. The van der Waals surface area contributed by atoms with Crippen molar-refractivity contribution in [1.29, 1.82) is 0 Å². The fourth-order valence-electron chi connectivity index (χ4n) is 3.54. The molecule has 8 heteroatoms. The Morgan fingerprint density at radius 2 is 1.55 bits per heavy atom. The first kappa shape index (κ1) is 21.1. The van der Waals surface area contributed by atoms with E-state index >= 15 is 0 Å². The van der Waals surface area contributed by atoms with Gasteiger partial charge in [0.2, 0.25) is 9.84 Å². The van der Waals surface area contributed by atoms with Gasteiger partial charge in [-0.05, 0) is 60.4 Å². The van der Waals surface area contributed by atoms with Crippen molar-refractivity contribution in [2.45, 2.75) is 15.8 Å². The number of hydrogen-bond acceptors (Lipinski definition) is 5. The maximum atomic E-state index is 13.5. The third-order valence-corrected chi connectivity index (χ3v) is 7.67. The van der Waals surface area contributed by atoms with Crippen LogP contribution in [0.2, 0.25) is 0 Å². The van der Waals surface area contributed by atoms with Gasteiger partial charge in [-0.25, -0.2) is 12.8 Å². The van der Waals surface area contributed by atoms with Crippen molar-refractivity contribution in [1.82, 2.24) is 0 Å². The van der Waals surface area contributed by atoms with E-state index in [1.165, 1.54) is 53.1 Å². The van der Waals surface area contributed by atoms with Gasteiger partial charge in [-0.1, -0.05) is 30.3 Å². The molecule has 0 bridgehead atoms. The van der Waals surface area contributed by atoms with Crippen LogP contribution in [0.15, 0.2) is 99.3 Å². The third-order valence-electron chi connectivity index (χ3n) is 5.04. The van der Waals surface area contributed by atoms with Gasteiger partial charge in [-0.15, -0.1) is 11.8 Å². The van der Waals surface area contributed by atoms with Crippen molar-refractivity contribution >= 4 is 33.2 Å². The van der Waals surface area contributed by atoms with Crippen molar-refractivity contribution in [2.24, 2.45) is 0 Å². The molecule has 0 fully saturated rings. The van der Waals surface area contributed by atoms with Gasteiger partial charge in [0.05, 0.1) is 4.90 Å². The first-order valence-corrected chi connectivity index (χ1v) is 12.0. The zero-order valence-electron chi connectivity index (χ0n) is 16.4. The Bertz CT molecular complexity index is 1260. The summed E-state index contributed by atoms with van der Waals surface area (Å²) in [4.78, 5) is 14.8. The molecule has 31 heavy (non-hydrogen) atoms. The minimum atomic E-state index is -4.20. The van der Waals surface area contributed by atoms with Gasteiger partial charge in [0, 0.05) is 10.6 Å². The molecule has 3 aromatic rings. The molecule has 4 rings (SSSR count). The van der Waals surface area contributed by atoms with E-state index in [1.807, 2.05) is 18.4 Å². The average Bonchev–Trinajstić information content (AvgIpc) is 3.06. The standard InChI is InChI=1S/C23H18FNO4S2/c1-30-18-13-7-15(8-14-18)20-22(31(28,29)19-5-3-2-4-6-19)21(26)23(27)25(20)17-11-9-16(24)10-12-17/h2-14,20,26H,1H3. The first-order chi connectivity index (χ1) is 14.8. The minimum Gasteiger partial charge on any atom is -0.502 e. The number of halogens is 1. The van der Waals surface area contributed by atoms with Gasteiger partial charge >= 0.3 is 0 Å². The van der Waals surface area contributed by atoms with Crippen LogP contribution in [0.1, 0.15) is 11.6 Å². The van der Waals surface area contributed by atoms with E-state index in [4.69, 9.17) is 0 Å². The molecule has 158 valence electrons. The Morgan fingerprint density at radius 3 is 2.13 bits per heavy atom. The minimum absolute atomic E-state index is 0.0314. The van der Waals surface area contributed by atoms with Crippen LogP contribution in [0.5, 0.6) is 0 Å². The molecular formula is C23H18FNO4S2. The molecule has 1 amide bonds. The molecular weight excluding hydrogens is 437 g/mol. The van der Waals surface area contributed by atoms with Crippen LogP contribution in [0.4, 0.5) is 10.1 Å². The summed E-state index contributed by atoms with van der Waals surface area (Å²) < 4.78 is 40.4. The molecule has 1 unspecified atom stereocenters. The van der Waals surface area contributed by atoms with Crippen molar-refractivity contribution < 1.29 is 22.7 Å². The molecule has 0 spiro atoms. The van der Waals surface area contributed by atoms with Gasteiger partial charge in [0.1, 0.15) is 16.8 Å². The topological polar surface area (TPSA) is 74.7 Å². The average molecular weight is 456 g/mol. The molecule has 5 nitrogen and oxygen atoms in total. The Labute approximate surface area is 183 Å². The number of aliphatic hydroxyl groups is 1. The number of amides is 1. The first-order valence-electron chi connectivity index (χ1n) is 9.31. The number of rotatable bonds is 5. The van der Waals surface area contributed by atoms with Crippen molar-refractivity contribution in [2.75, 3.05) is 11.2 Å². The van der Waals surface area contributed by atoms with Crippen LogP contribution < -0.4 is 4.90 Å². The van der Waals surface area contributed by atoms with E-state index in [2.05, 4.69) is 0 Å². The molecule has 0 radical (unpaired) electrons. The van der Waals surface area contributed by atoms with Gasteiger partial charge < -0.3 is 5.11 Å². The van der Waals surface area contributed by atoms with E-state index < -0.39 is 38.3 Å². The quantitative estimate of drug-likeness (QED) is 0.555. The highest BCUT2D eigenvalue weighted by Gasteiger charge is 2.47. The van der Waals surface area contributed by atoms with Gasteiger partial charge in [-0.2, -0.15) is 0 Å². The van der Waals surface area contributed by atoms with Crippen molar-refractivity contribution in [3.63, 3.8) is 0 Å². The van der Waals surface area contributed by atoms with E-state index in [0.29, 0.717) is 5.56 Å². The number of nitrogens with zero attached hydrogens (tertiary/aromatic N) is 1. The normalized spacial score (nSPS) is 16.8. The summed E-state index contributed by atoms with van der Waals surface area (Å²) in [6.45, 7) is 0.